The molecule has 0 saturated heterocycles. The van der Waals surface area contributed by atoms with E-state index in [2.05, 4.69) is 0 Å². The first-order chi connectivity index (χ1) is 7.54. The Morgan fingerprint density at radius 2 is 1.88 bits per heavy atom. The van der Waals surface area contributed by atoms with E-state index in [4.69, 9.17) is 15.4 Å². The molecule has 2 rings (SSSR count). The summed E-state index contributed by atoms with van der Waals surface area (Å²) in [6, 6.07) is 9.34. The minimum absolute atomic E-state index is 0.385. The van der Waals surface area contributed by atoms with Crippen molar-refractivity contribution in [3.05, 3.63) is 30.3 Å². The van der Waals surface area contributed by atoms with Gasteiger partial charge in [0, 0.05) is 17.1 Å². The summed E-state index contributed by atoms with van der Waals surface area (Å²) in [6.07, 6.45) is 1.77. The van der Waals surface area contributed by atoms with E-state index < -0.39 is 13.8 Å². The van der Waals surface area contributed by atoms with Gasteiger partial charge in [-0.3, -0.25) is 0 Å². The highest BCUT2D eigenvalue weighted by molar-refractivity contribution is 8.15. The molecule has 0 unspecified atom stereocenters. The van der Waals surface area contributed by atoms with Crippen molar-refractivity contribution in [3.8, 4) is 5.75 Å². The lowest BCUT2D eigenvalue weighted by Gasteiger charge is -2.11. The Balaban J connectivity index is 1.86. The average Bonchev–Trinajstić information content (AvgIpc) is 3.00. The quantitative estimate of drug-likeness (QED) is 0.765. The third-order valence-corrected chi connectivity index (χ3v) is 5.52. The normalized spacial score (nSPS) is 18.1. The van der Waals surface area contributed by atoms with Crippen LogP contribution < -0.4 is 4.74 Å². The van der Waals surface area contributed by atoms with Crippen molar-refractivity contribution in [2.24, 2.45) is 0 Å². The molecule has 1 aliphatic carbocycles. The number of hydrogen-bond acceptors (Lipinski definition) is 3. The summed E-state index contributed by atoms with van der Waals surface area (Å²) in [5, 5.41) is 0. The third kappa shape index (κ3) is 2.50. The van der Waals surface area contributed by atoms with Gasteiger partial charge >= 0.3 is 0 Å². The van der Waals surface area contributed by atoms with Gasteiger partial charge in [0.15, 0.2) is 0 Å². The fourth-order valence-corrected chi connectivity index (χ4v) is 3.24. The van der Waals surface area contributed by atoms with Gasteiger partial charge in [0.25, 0.3) is 0 Å². The Kier molecular flexibility index (Phi) is 3.13. The first-order valence-corrected chi connectivity index (χ1v) is 7.47. The number of para-hydroxylation sites is 1. The molecule has 1 aromatic rings. The van der Waals surface area contributed by atoms with Gasteiger partial charge in [0.2, 0.25) is 9.05 Å². The molecule has 16 heavy (non-hydrogen) atoms. The molecule has 0 spiro atoms. The predicted octanol–water partition coefficient (Wildman–Crippen LogP) is 2.56. The SMILES string of the molecule is O=S(=O)(Cl)C1(CCOc2ccccc2)CC1. The highest BCUT2D eigenvalue weighted by Gasteiger charge is 2.53. The van der Waals surface area contributed by atoms with E-state index in [0.717, 1.165) is 5.75 Å². The third-order valence-electron chi connectivity index (χ3n) is 2.89. The summed E-state index contributed by atoms with van der Waals surface area (Å²) in [5.74, 6) is 0.755. The maximum absolute atomic E-state index is 11.3. The van der Waals surface area contributed by atoms with Gasteiger partial charge in [-0.15, -0.1) is 0 Å². The monoisotopic (exact) mass is 260 g/mol. The maximum atomic E-state index is 11.3. The molecule has 0 aromatic heterocycles. The van der Waals surface area contributed by atoms with Crippen molar-refractivity contribution in [1.29, 1.82) is 0 Å². The van der Waals surface area contributed by atoms with Crippen LogP contribution in [0.1, 0.15) is 19.3 Å². The first-order valence-electron chi connectivity index (χ1n) is 5.16. The molecule has 5 heteroatoms. The summed E-state index contributed by atoms with van der Waals surface area (Å²) in [6.45, 7) is 0.385. The molecule has 1 aromatic carbocycles. The summed E-state index contributed by atoms with van der Waals surface area (Å²) >= 11 is 0. The fraction of sp³-hybridized carbons (Fsp3) is 0.455. The Bertz CT molecular complexity index is 451. The Morgan fingerprint density at radius 1 is 1.25 bits per heavy atom. The van der Waals surface area contributed by atoms with Crippen LogP contribution in [0.25, 0.3) is 0 Å². The lowest BCUT2D eigenvalue weighted by atomic mass is 10.3. The minimum Gasteiger partial charge on any atom is -0.494 e. The fourth-order valence-electron chi connectivity index (χ4n) is 1.63. The summed E-state index contributed by atoms with van der Waals surface area (Å²) in [5.41, 5.74) is 0. The molecule has 1 saturated carbocycles. The van der Waals surface area contributed by atoms with Gasteiger partial charge in [-0.2, -0.15) is 0 Å². The van der Waals surface area contributed by atoms with Gasteiger partial charge in [0.1, 0.15) is 5.75 Å². The molecule has 88 valence electrons. The van der Waals surface area contributed by atoms with E-state index in [1.165, 1.54) is 0 Å². The van der Waals surface area contributed by atoms with Crippen molar-refractivity contribution in [2.75, 3.05) is 6.61 Å². The van der Waals surface area contributed by atoms with Crippen LogP contribution in [-0.2, 0) is 9.05 Å². The smallest absolute Gasteiger partial charge is 0.238 e. The lowest BCUT2D eigenvalue weighted by Crippen LogP contribution is -2.20. The zero-order chi connectivity index (χ0) is 11.6. The van der Waals surface area contributed by atoms with Crippen molar-refractivity contribution < 1.29 is 13.2 Å². The van der Waals surface area contributed by atoms with Crippen molar-refractivity contribution >= 4 is 19.7 Å². The maximum Gasteiger partial charge on any atom is 0.238 e. The van der Waals surface area contributed by atoms with Crippen molar-refractivity contribution in [2.45, 2.75) is 24.0 Å². The first kappa shape index (κ1) is 11.7. The number of hydrogen-bond donors (Lipinski definition) is 0. The lowest BCUT2D eigenvalue weighted by molar-refractivity contribution is 0.305. The van der Waals surface area contributed by atoms with E-state index in [0.29, 0.717) is 25.9 Å². The van der Waals surface area contributed by atoms with Gasteiger partial charge < -0.3 is 4.74 Å². The Morgan fingerprint density at radius 3 is 2.38 bits per heavy atom. The van der Waals surface area contributed by atoms with Gasteiger partial charge in [-0.1, -0.05) is 18.2 Å². The highest BCUT2D eigenvalue weighted by Crippen LogP contribution is 2.48. The van der Waals surface area contributed by atoms with E-state index in [1.807, 2.05) is 30.3 Å². The van der Waals surface area contributed by atoms with Crippen molar-refractivity contribution in [3.63, 3.8) is 0 Å². The topological polar surface area (TPSA) is 43.4 Å². The number of rotatable bonds is 5. The van der Waals surface area contributed by atoms with E-state index >= 15 is 0 Å². The van der Waals surface area contributed by atoms with Crippen LogP contribution in [0.3, 0.4) is 0 Å². The molecule has 0 aliphatic heterocycles. The molecular weight excluding hydrogens is 248 g/mol. The van der Waals surface area contributed by atoms with Crippen LogP contribution in [0.5, 0.6) is 5.75 Å². The predicted molar refractivity (Wildman–Crippen MR) is 63.3 cm³/mol. The van der Waals surface area contributed by atoms with Crippen LogP contribution in [0.15, 0.2) is 30.3 Å². The Labute approximate surface area is 99.8 Å². The van der Waals surface area contributed by atoms with Gasteiger partial charge in [-0.25, -0.2) is 8.42 Å². The molecule has 0 amide bonds. The van der Waals surface area contributed by atoms with E-state index in [9.17, 15) is 8.42 Å². The molecule has 1 fully saturated rings. The second kappa shape index (κ2) is 4.26. The summed E-state index contributed by atoms with van der Waals surface area (Å²) in [4.78, 5) is 0. The average molecular weight is 261 g/mol. The molecule has 0 N–H and O–H groups in total. The molecule has 0 heterocycles. The summed E-state index contributed by atoms with van der Waals surface area (Å²) < 4.78 is 27.3. The number of halogens is 1. The van der Waals surface area contributed by atoms with Crippen LogP contribution in [0.4, 0.5) is 0 Å². The molecule has 0 atom stereocenters. The molecule has 3 nitrogen and oxygen atoms in total. The number of benzene rings is 1. The van der Waals surface area contributed by atoms with Crippen LogP contribution in [-0.4, -0.2) is 19.8 Å². The largest absolute Gasteiger partial charge is 0.494 e. The molecule has 0 radical (unpaired) electrons. The van der Waals surface area contributed by atoms with Gasteiger partial charge in [-0.05, 0) is 25.0 Å². The van der Waals surface area contributed by atoms with Gasteiger partial charge in [0.05, 0.1) is 11.4 Å². The zero-order valence-electron chi connectivity index (χ0n) is 8.73. The zero-order valence-corrected chi connectivity index (χ0v) is 10.3. The van der Waals surface area contributed by atoms with Crippen LogP contribution >= 0.6 is 10.7 Å². The highest BCUT2D eigenvalue weighted by atomic mass is 35.7. The molecule has 1 aliphatic rings. The standard InChI is InChI=1S/C11H13ClO3S/c12-16(13,14)11(6-7-11)8-9-15-10-4-2-1-3-5-10/h1-5H,6-9H2. The number of ether oxygens (including phenoxy) is 1. The minimum atomic E-state index is -3.45. The van der Waals surface area contributed by atoms with Crippen LogP contribution in [0, 0.1) is 0 Å². The van der Waals surface area contributed by atoms with E-state index in [-0.39, 0.29) is 0 Å². The second-order valence-corrected chi connectivity index (χ2v) is 6.99. The second-order valence-electron chi connectivity index (χ2n) is 4.03. The molecule has 0 bridgehead atoms. The van der Waals surface area contributed by atoms with Crippen molar-refractivity contribution in [1.82, 2.24) is 0 Å². The van der Waals surface area contributed by atoms with Crippen LogP contribution in [0.2, 0.25) is 0 Å². The van der Waals surface area contributed by atoms with E-state index in [1.54, 1.807) is 0 Å². The molecular formula is C11H13ClO3S. The summed E-state index contributed by atoms with van der Waals surface area (Å²) in [7, 11) is 1.93. The Hall–Kier alpha value is -0.740.